The van der Waals surface area contributed by atoms with E-state index in [1.165, 1.54) is 0 Å². The Balaban J connectivity index is 1.59. The van der Waals surface area contributed by atoms with Gasteiger partial charge in [0.25, 0.3) is 0 Å². The predicted octanol–water partition coefficient (Wildman–Crippen LogP) is 1.99. The molecule has 1 fully saturated rings. The fourth-order valence-corrected chi connectivity index (χ4v) is 4.00. The first-order valence-corrected chi connectivity index (χ1v) is 9.28. The van der Waals surface area contributed by atoms with Crippen molar-refractivity contribution in [1.82, 2.24) is 4.72 Å². The van der Waals surface area contributed by atoms with Crippen molar-refractivity contribution < 1.29 is 22.4 Å². The van der Waals surface area contributed by atoms with Crippen LogP contribution in [0.3, 0.4) is 0 Å². The van der Waals surface area contributed by atoms with Crippen LogP contribution in [0.25, 0.3) is 11.0 Å². The smallest absolute Gasteiger partial charge is 0.237 e. The lowest BCUT2D eigenvalue weighted by atomic mass is 10.1. The Morgan fingerprint density at radius 2 is 2.13 bits per heavy atom. The number of furan rings is 1. The molecular formula is C16H19NO5S. The lowest BCUT2D eigenvalue weighted by Crippen LogP contribution is -2.38. The zero-order valence-electron chi connectivity index (χ0n) is 12.7. The minimum Gasteiger partial charge on any atom is -0.464 e. The van der Waals surface area contributed by atoms with E-state index in [1.54, 1.807) is 24.5 Å². The van der Waals surface area contributed by atoms with Crippen LogP contribution in [0.1, 0.15) is 24.8 Å². The van der Waals surface area contributed by atoms with Gasteiger partial charge in [0.05, 0.1) is 24.5 Å². The van der Waals surface area contributed by atoms with Crippen LogP contribution < -0.4 is 4.72 Å². The second-order valence-corrected chi connectivity index (χ2v) is 7.53. The first-order valence-electron chi connectivity index (χ1n) is 7.63. The minimum absolute atomic E-state index is 0.00583. The molecule has 1 aliphatic heterocycles. The maximum atomic E-state index is 12.0. The van der Waals surface area contributed by atoms with E-state index in [1.807, 2.05) is 6.07 Å². The molecule has 1 N–H and O–H groups in total. The molecule has 0 spiro atoms. The molecule has 1 aliphatic rings. The summed E-state index contributed by atoms with van der Waals surface area (Å²) < 4.78 is 36.9. The molecule has 2 heterocycles. The number of carbonyl (C=O) groups is 1. The van der Waals surface area contributed by atoms with Gasteiger partial charge in [-0.05, 0) is 43.0 Å². The topological polar surface area (TPSA) is 85.6 Å². The normalized spacial score (nSPS) is 18.9. The molecular weight excluding hydrogens is 318 g/mol. The standard InChI is InChI=1S/C16H19NO5S/c18-16(10-12-4-5-15-13(9-12)6-8-22-15)17-23(19,20)11-14-3-1-2-7-21-14/h4-6,8-9,14H,1-3,7,10-11H2,(H,17,18). The molecule has 2 aromatic rings. The summed E-state index contributed by atoms with van der Waals surface area (Å²) in [5, 5.41) is 0.883. The second kappa shape index (κ2) is 6.72. The molecule has 6 nitrogen and oxygen atoms in total. The summed E-state index contributed by atoms with van der Waals surface area (Å²) in [6.07, 6.45) is 3.89. The van der Waals surface area contributed by atoms with Crippen molar-refractivity contribution in [2.45, 2.75) is 31.8 Å². The lowest BCUT2D eigenvalue weighted by Gasteiger charge is -2.22. The van der Waals surface area contributed by atoms with Gasteiger partial charge in [-0.3, -0.25) is 9.52 Å². The SMILES string of the molecule is O=C(Cc1ccc2occc2c1)NS(=O)(=O)CC1CCCCO1. The van der Waals surface area contributed by atoms with Crippen LogP contribution in [0.15, 0.2) is 34.9 Å². The van der Waals surface area contributed by atoms with E-state index in [0.29, 0.717) is 13.0 Å². The quantitative estimate of drug-likeness (QED) is 0.902. The summed E-state index contributed by atoms with van der Waals surface area (Å²) in [7, 11) is -3.68. The maximum Gasteiger partial charge on any atom is 0.237 e. The van der Waals surface area contributed by atoms with Crippen LogP contribution in [-0.2, 0) is 26.0 Å². The van der Waals surface area contributed by atoms with Gasteiger partial charge in [0.15, 0.2) is 0 Å². The van der Waals surface area contributed by atoms with Crippen LogP contribution >= 0.6 is 0 Å². The molecule has 1 aromatic carbocycles. The monoisotopic (exact) mass is 337 g/mol. The zero-order chi connectivity index (χ0) is 16.3. The molecule has 1 saturated heterocycles. The van der Waals surface area contributed by atoms with Gasteiger partial charge in [0.2, 0.25) is 15.9 Å². The molecule has 23 heavy (non-hydrogen) atoms. The Morgan fingerprint density at radius 3 is 2.91 bits per heavy atom. The highest BCUT2D eigenvalue weighted by molar-refractivity contribution is 7.90. The first-order chi connectivity index (χ1) is 11.0. The van der Waals surface area contributed by atoms with Gasteiger partial charge < -0.3 is 9.15 Å². The molecule has 3 rings (SSSR count). The molecule has 0 bridgehead atoms. The van der Waals surface area contributed by atoms with Crippen molar-refractivity contribution in [2.75, 3.05) is 12.4 Å². The molecule has 0 saturated carbocycles. The Hall–Kier alpha value is -1.86. The Morgan fingerprint density at radius 1 is 1.26 bits per heavy atom. The Labute approximate surface area is 134 Å². The second-order valence-electron chi connectivity index (χ2n) is 5.76. The summed E-state index contributed by atoms with van der Waals surface area (Å²) in [6.45, 7) is 0.582. The van der Waals surface area contributed by atoms with Gasteiger partial charge in [-0.15, -0.1) is 0 Å². The van der Waals surface area contributed by atoms with Gasteiger partial charge in [-0.25, -0.2) is 8.42 Å². The Bertz CT molecular complexity index is 790. The number of amides is 1. The number of hydrogen-bond acceptors (Lipinski definition) is 5. The third kappa shape index (κ3) is 4.33. The minimum atomic E-state index is -3.68. The maximum absolute atomic E-state index is 12.0. The molecule has 0 aliphatic carbocycles. The third-order valence-electron chi connectivity index (χ3n) is 3.83. The number of rotatable bonds is 5. The van der Waals surface area contributed by atoms with E-state index in [2.05, 4.69) is 4.72 Å². The highest BCUT2D eigenvalue weighted by Crippen LogP contribution is 2.17. The molecule has 1 unspecified atom stereocenters. The summed E-state index contributed by atoms with van der Waals surface area (Å²) in [6, 6.07) is 7.13. The van der Waals surface area contributed by atoms with Crippen LogP contribution in [0, 0.1) is 0 Å². The summed E-state index contributed by atoms with van der Waals surface area (Å²) in [5.74, 6) is -0.705. The van der Waals surface area contributed by atoms with Crippen LogP contribution in [0.5, 0.6) is 0 Å². The molecule has 1 atom stereocenters. The van der Waals surface area contributed by atoms with Crippen LogP contribution in [0.2, 0.25) is 0 Å². The van der Waals surface area contributed by atoms with Gasteiger partial charge in [-0.2, -0.15) is 0 Å². The Kier molecular flexibility index (Phi) is 4.68. The van der Waals surface area contributed by atoms with Crippen molar-refractivity contribution in [3.63, 3.8) is 0 Å². The average molecular weight is 337 g/mol. The summed E-state index contributed by atoms with van der Waals surface area (Å²) >= 11 is 0. The number of carbonyl (C=O) groups excluding carboxylic acids is 1. The zero-order valence-corrected chi connectivity index (χ0v) is 13.5. The van der Waals surface area contributed by atoms with Crippen molar-refractivity contribution in [1.29, 1.82) is 0 Å². The summed E-state index contributed by atoms with van der Waals surface area (Å²) in [4.78, 5) is 12.0. The molecule has 7 heteroatoms. The summed E-state index contributed by atoms with van der Waals surface area (Å²) in [5.41, 5.74) is 1.47. The van der Waals surface area contributed by atoms with Crippen LogP contribution in [0.4, 0.5) is 0 Å². The van der Waals surface area contributed by atoms with Crippen molar-refractivity contribution in [3.8, 4) is 0 Å². The van der Waals surface area contributed by atoms with Crippen molar-refractivity contribution in [3.05, 3.63) is 36.1 Å². The molecule has 0 radical (unpaired) electrons. The largest absolute Gasteiger partial charge is 0.464 e. The highest BCUT2D eigenvalue weighted by atomic mass is 32.2. The van der Waals surface area contributed by atoms with E-state index >= 15 is 0 Å². The number of benzene rings is 1. The first kappa shape index (κ1) is 16.0. The molecule has 124 valence electrons. The number of fused-ring (bicyclic) bond motifs is 1. The van der Waals surface area contributed by atoms with Gasteiger partial charge in [-0.1, -0.05) is 6.07 Å². The number of hydrogen-bond donors (Lipinski definition) is 1. The number of ether oxygens (including phenoxy) is 1. The van der Waals surface area contributed by atoms with Crippen molar-refractivity contribution >= 4 is 26.9 Å². The van der Waals surface area contributed by atoms with Crippen molar-refractivity contribution in [2.24, 2.45) is 0 Å². The molecule has 1 amide bonds. The van der Waals surface area contributed by atoms with Gasteiger partial charge >= 0.3 is 0 Å². The predicted molar refractivity (Wildman–Crippen MR) is 85.4 cm³/mol. The number of nitrogens with one attached hydrogen (secondary N) is 1. The van der Waals surface area contributed by atoms with Gasteiger partial charge in [0.1, 0.15) is 5.58 Å². The third-order valence-corrected chi connectivity index (χ3v) is 5.18. The van der Waals surface area contributed by atoms with E-state index in [-0.39, 0.29) is 18.3 Å². The van der Waals surface area contributed by atoms with E-state index in [4.69, 9.17) is 9.15 Å². The van der Waals surface area contributed by atoms with Gasteiger partial charge in [0, 0.05) is 12.0 Å². The van der Waals surface area contributed by atoms with E-state index in [0.717, 1.165) is 29.4 Å². The number of sulfonamides is 1. The van der Waals surface area contributed by atoms with E-state index < -0.39 is 15.9 Å². The van der Waals surface area contributed by atoms with E-state index in [9.17, 15) is 13.2 Å². The average Bonchev–Trinajstić information content (AvgIpc) is 2.94. The van der Waals surface area contributed by atoms with Crippen LogP contribution in [-0.4, -0.2) is 32.8 Å². The fourth-order valence-electron chi connectivity index (χ4n) is 2.75. The lowest BCUT2D eigenvalue weighted by molar-refractivity contribution is -0.118. The molecule has 1 aromatic heterocycles. The fraction of sp³-hybridized carbons (Fsp3) is 0.438. The highest BCUT2D eigenvalue weighted by Gasteiger charge is 2.23.